The smallest absolute Gasteiger partial charge is 0.250 e. The molecule has 1 aromatic rings. The average Bonchev–Trinajstić information content (AvgIpc) is 2.87. The molecule has 3 N–H and O–H groups in total. The molecule has 0 radical (unpaired) electrons. The number of benzene rings is 1. The van der Waals surface area contributed by atoms with Crippen molar-refractivity contribution >= 4 is 23.2 Å². The molecule has 1 fully saturated rings. The van der Waals surface area contributed by atoms with Crippen molar-refractivity contribution in [1.29, 1.82) is 0 Å². The zero-order valence-electron chi connectivity index (χ0n) is 12.3. The number of methoxy groups -OCH3 is 1. The first-order chi connectivity index (χ1) is 10.1. The highest BCUT2D eigenvalue weighted by molar-refractivity contribution is 5.94. The SMILES string of the molecule is COCC(=O)Nc1ccc(NC(=O)[C@@H]2CNC[C@H]2C)cc1. The summed E-state index contributed by atoms with van der Waals surface area (Å²) in [5.41, 5.74) is 1.40. The second kappa shape index (κ2) is 7.19. The summed E-state index contributed by atoms with van der Waals surface area (Å²) >= 11 is 0. The van der Waals surface area contributed by atoms with Gasteiger partial charge >= 0.3 is 0 Å². The van der Waals surface area contributed by atoms with E-state index in [0.717, 1.165) is 18.8 Å². The van der Waals surface area contributed by atoms with Crippen LogP contribution in [-0.4, -0.2) is 38.6 Å². The van der Waals surface area contributed by atoms with Gasteiger partial charge in [-0.05, 0) is 36.7 Å². The van der Waals surface area contributed by atoms with Crippen molar-refractivity contribution in [3.8, 4) is 0 Å². The zero-order valence-corrected chi connectivity index (χ0v) is 12.3. The van der Waals surface area contributed by atoms with E-state index in [-0.39, 0.29) is 24.3 Å². The number of nitrogens with one attached hydrogen (secondary N) is 3. The number of hydrogen-bond acceptors (Lipinski definition) is 4. The molecule has 0 unspecified atom stereocenters. The summed E-state index contributed by atoms with van der Waals surface area (Å²) in [5.74, 6) is 0.174. The maximum atomic E-state index is 12.1. The van der Waals surface area contributed by atoms with Gasteiger partial charge in [-0.2, -0.15) is 0 Å². The van der Waals surface area contributed by atoms with Crippen LogP contribution in [0.15, 0.2) is 24.3 Å². The molecule has 0 saturated carbocycles. The standard InChI is InChI=1S/C15H21N3O3/c1-10-7-16-8-13(10)15(20)18-12-5-3-11(4-6-12)17-14(19)9-21-2/h3-6,10,13,16H,7-9H2,1-2H3,(H,17,19)(H,18,20)/t10-,13-/m1/s1. The first kappa shape index (κ1) is 15.5. The van der Waals surface area contributed by atoms with Gasteiger partial charge in [0.2, 0.25) is 11.8 Å². The molecule has 2 atom stereocenters. The Hall–Kier alpha value is -1.92. The Labute approximate surface area is 124 Å². The summed E-state index contributed by atoms with van der Waals surface area (Å²) in [7, 11) is 1.47. The number of ether oxygens (including phenoxy) is 1. The van der Waals surface area contributed by atoms with Crippen molar-refractivity contribution in [2.45, 2.75) is 6.92 Å². The van der Waals surface area contributed by atoms with Gasteiger partial charge in [0.1, 0.15) is 6.61 Å². The molecule has 0 aromatic heterocycles. The molecule has 6 nitrogen and oxygen atoms in total. The number of anilines is 2. The lowest BCUT2D eigenvalue weighted by atomic mass is 9.97. The fourth-order valence-electron chi connectivity index (χ4n) is 2.36. The van der Waals surface area contributed by atoms with E-state index < -0.39 is 0 Å². The molecular weight excluding hydrogens is 270 g/mol. The number of carbonyl (C=O) groups excluding carboxylic acids is 2. The van der Waals surface area contributed by atoms with Crippen LogP contribution in [0.3, 0.4) is 0 Å². The van der Waals surface area contributed by atoms with E-state index in [9.17, 15) is 9.59 Å². The summed E-state index contributed by atoms with van der Waals surface area (Å²) in [5, 5.41) is 8.81. The Balaban J connectivity index is 1.90. The van der Waals surface area contributed by atoms with Gasteiger partial charge in [0.05, 0.1) is 5.92 Å². The number of amides is 2. The van der Waals surface area contributed by atoms with Crippen molar-refractivity contribution in [2.75, 3.05) is 37.4 Å². The minimum Gasteiger partial charge on any atom is -0.375 e. The van der Waals surface area contributed by atoms with Gasteiger partial charge in [-0.25, -0.2) is 0 Å². The minimum atomic E-state index is -0.208. The van der Waals surface area contributed by atoms with E-state index in [4.69, 9.17) is 4.74 Å². The van der Waals surface area contributed by atoms with Gasteiger partial charge in [-0.15, -0.1) is 0 Å². The van der Waals surface area contributed by atoms with Crippen LogP contribution in [0, 0.1) is 11.8 Å². The molecule has 0 aliphatic carbocycles. The Morgan fingerprint density at radius 1 is 1.19 bits per heavy atom. The predicted octanol–water partition coefficient (Wildman–Crippen LogP) is 1.07. The van der Waals surface area contributed by atoms with Gasteiger partial charge in [0, 0.05) is 25.0 Å². The molecule has 0 spiro atoms. The number of hydrogen-bond donors (Lipinski definition) is 3. The lowest BCUT2D eigenvalue weighted by molar-refractivity contribution is -0.120. The zero-order chi connectivity index (χ0) is 15.2. The maximum absolute atomic E-state index is 12.1. The number of rotatable bonds is 5. The Bertz CT molecular complexity index is 501. The van der Waals surface area contributed by atoms with Gasteiger partial charge in [-0.3, -0.25) is 9.59 Å². The maximum Gasteiger partial charge on any atom is 0.250 e. The van der Waals surface area contributed by atoms with E-state index in [2.05, 4.69) is 22.9 Å². The van der Waals surface area contributed by atoms with Crippen molar-refractivity contribution in [1.82, 2.24) is 5.32 Å². The quantitative estimate of drug-likeness (QED) is 0.758. The highest BCUT2D eigenvalue weighted by Gasteiger charge is 2.29. The largest absolute Gasteiger partial charge is 0.375 e. The van der Waals surface area contributed by atoms with Crippen LogP contribution in [0.25, 0.3) is 0 Å². The van der Waals surface area contributed by atoms with Crippen molar-refractivity contribution in [2.24, 2.45) is 11.8 Å². The average molecular weight is 291 g/mol. The summed E-state index contributed by atoms with van der Waals surface area (Å²) in [6.07, 6.45) is 0. The molecule has 0 bridgehead atoms. The second-order valence-electron chi connectivity index (χ2n) is 5.29. The van der Waals surface area contributed by atoms with E-state index in [1.807, 2.05) is 0 Å². The third-order valence-corrected chi connectivity index (χ3v) is 3.57. The normalized spacial score (nSPS) is 21.0. The van der Waals surface area contributed by atoms with E-state index in [0.29, 0.717) is 11.6 Å². The van der Waals surface area contributed by atoms with E-state index in [1.54, 1.807) is 24.3 Å². The fourth-order valence-corrected chi connectivity index (χ4v) is 2.36. The Kier molecular flexibility index (Phi) is 5.30. The highest BCUT2D eigenvalue weighted by atomic mass is 16.5. The molecule has 1 saturated heterocycles. The van der Waals surface area contributed by atoms with Crippen LogP contribution in [0.2, 0.25) is 0 Å². The predicted molar refractivity (Wildman–Crippen MR) is 81.1 cm³/mol. The van der Waals surface area contributed by atoms with Crippen molar-refractivity contribution in [3.05, 3.63) is 24.3 Å². The minimum absolute atomic E-state index is 0.00563. The summed E-state index contributed by atoms with van der Waals surface area (Å²) in [6, 6.07) is 7.04. The van der Waals surface area contributed by atoms with Crippen molar-refractivity contribution in [3.63, 3.8) is 0 Å². The van der Waals surface area contributed by atoms with Crippen LogP contribution in [0.5, 0.6) is 0 Å². The first-order valence-electron chi connectivity index (χ1n) is 7.00. The van der Waals surface area contributed by atoms with E-state index in [1.165, 1.54) is 7.11 Å². The molecule has 1 aliphatic rings. The molecule has 1 aromatic carbocycles. The van der Waals surface area contributed by atoms with Gasteiger partial charge < -0.3 is 20.7 Å². The fraction of sp³-hybridized carbons (Fsp3) is 0.467. The lowest BCUT2D eigenvalue weighted by Gasteiger charge is -2.14. The third kappa shape index (κ3) is 4.27. The molecular formula is C15H21N3O3. The second-order valence-corrected chi connectivity index (χ2v) is 5.29. The number of carbonyl (C=O) groups is 2. The topological polar surface area (TPSA) is 79.5 Å². The molecule has 114 valence electrons. The highest BCUT2D eigenvalue weighted by Crippen LogP contribution is 2.19. The first-order valence-corrected chi connectivity index (χ1v) is 7.00. The van der Waals surface area contributed by atoms with E-state index >= 15 is 0 Å². The van der Waals surface area contributed by atoms with Crippen LogP contribution in [0.1, 0.15) is 6.92 Å². The van der Waals surface area contributed by atoms with Gasteiger partial charge in [-0.1, -0.05) is 6.92 Å². The monoisotopic (exact) mass is 291 g/mol. The molecule has 2 amide bonds. The summed E-state index contributed by atoms with van der Waals surface area (Å²) < 4.78 is 4.74. The third-order valence-electron chi connectivity index (χ3n) is 3.57. The van der Waals surface area contributed by atoms with Gasteiger partial charge in [0.25, 0.3) is 0 Å². The molecule has 2 rings (SSSR count). The van der Waals surface area contributed by atoms with Crippen molar-refractivity contribution < 1.29 is 14.3 Å². The lowest BCUT2D eigenvalue weighted by Crippen LogP contribution is -2.27. The molecule has 6 heteroatoms. The summed E-state index contributed by atoms with van der Waals surface area (Å²) in [6.45, 7) is 3.68. The Morgan fingerprint density at radius 3 is 2.33 bits per heavy atom. The molecule has 1 aliphatic heterocycles. The molecule has 21 heavy (non-hydrogen) atoms. The molecule has 1 heterocycles. The van der Waals surface area contributed by atoms with Crippen LogP contribution >= 0.6 is 0 Å². The van der Waals surface area contributed by atoms with Crippen LogP contribution in [0.4, 0.5) is 11.4 Å². The summed E-state index contributed by atoms with van der Waals surface area (Å²) in [4.78, 5) is 23.5. The van der Waals surface area contributed by atoms with Crippen LogP contribution < -0.4 is 16.0 Å². The van der Waals surface area contributed by atoms with Gasteiger partial charge in [0.15, 0.2) is 0 Å². The van der Waals surface area contributed by atoms with Crippen LogP contribution in [-0.2, 0) is 14.3 Å². The Morgan fingerprint density at radius 2 is 1.81 bits per heavy atom.